The van der Waals surface area contributed by atoms with Gasteiger partial charge in [-0.1, -0.05) is 0 Å². The van der Waals surface area contributed by atoms with E-state index >= 15 is 0 Å². The number of sulfonamides is 1. The lowest BCUT2D eigenvalue weighted by atomic mass is 10.4. The Morgan fingerprint density at radius 3 is 2.68 bits per heavy atom. The van der Waals surface area contributed by atoms with Crippen LogP contribution in [0.3, 0.4) is 0 Å². The first-order valence-electron chi connectivity index (χ1n) is 6.21. The molecule has 0 saturated carbocycles. The van der Waals surface area contributed by atoms with Crippen molar-refractivity contribution in [1.29, 1.82) is 0 Å². The molecule has 0 aliphatic heterocycles. The first-order chi connectivity index (χ1) is 8.87. The molecule has 1 N–H and O–H groups in total. The van der Waals surface area contributed by atoms with Crippen molar-refractivity contribution in [2.45, 2.75) is 31.6 Å². The van der Waals surface area contributed by atoms with Crippen molar-refractivity contribution in [1.82, 2.24) is 9.62 Å². The zero-order chi connectivity index (χ0) is 14.5. The highest BCUT2D eigenvalue weighted by Crippen LogP contribution is 2.16. The van der Waals surface area contributed by atoms with E-state index in [9.17, 15) is 8.42 Å². The van der Waals surface area contributed by atoms with Gasteiger partial charge in [0.15, 0.2) is 0 Å². The van der Waals surface area contributed by atoms with E-state index in [1.165, 1.54) is 20.2 Å². The topological polar surface area (TPSA) is 71.8 Å². The first-order valence-corrected chi connectivity index (χ1v) is 7.65. The van der Waals surface area contributed by atoms with Gasteiger partial charge in [0.05, 0.1) is 12.6 Å². The van der Waals surface area contributed by atoms with E-state index in [1.807, 2.05) is 13.8 Å². The minimum Gasteiger partial charge on any atom is -0.447 e. The molecule has 1 atom stereocenters. The van der Waals surface area contributed by atoms with Crippen molar-refractivity contribution in [2.24, 2.45) is 0 Å². The largest absolute Gasteiger partial charge is 0.447 e. The van der Waals surface area contributed by atoms with Crippen molar-refractivity contribution in [3.8, 4) is 0 Å². The Balaban J connectivity index is 2.52. The van der Waals surface area contributed by atoms with Gasteiger partial charge in [-0.25, -0.2) is 12.7 Å². The normalized spacial score (nSPS) is 13.9. The Hall–Kier alpha value is -0.890. The molecule has 1 rings (SSSR count). The van der Waals surface area contributed by atoms with Crippen molar-refractivity contribution in [3.05, 3.63) is 17.9 Å². The van der Waals surface area contributed by atoms with Gasteiger partial charge in [-0.2, -0.15) is 0 Å². The van der Waals surface area contributed by atoms with Crippen LogP contribution in [0.2, 0.25) is 0 Å². The zero-order valence-corrected chi connectivity index (χ0v) is 12.7. The standard InChI is InChI=1S/C12H22N2O4S/c1-5-17-10(2)8-13-9-11-6-7-12(18-11)19(15,16)14(3)4/h6-7,10,13H,5,8-9H2,1-4H3. The quantitative estimate of drug-likeness (QED) is 0.774. The number of nitrogens with one attached hydrogen (secondary N) is 1. The SMILES string of the molecule is CCOC(C)CNCc1ccc(S(=O)(=O)N(C)C)o1. The third-order valence-electron chi connectivity index (χ3n) is 2.55. The molecule has 6 nitrogen and oxygen atoms in total. The predicted molar refractivity (Wildman–Crippen MR) is 72.4 cm³/mol. The highest BCUT2D eigenvalue weighted by Gasteiger charge is 2.21. The van der Waals surface area contributed by atoms with Gasteiger partial charge >= 0.3 is 0 Å². The Morgan fingerprint density at radius 2 is 2.11 bits per heavy atom. The second kappa shape index (κ2) is 7.04. The summed E-state index contributed by atoms with van der Waals surface area (Å²) in [5.74, 6) is 0.587. The third-order valence-corrected chi connectivity index (χ3v) is 4.24. The number of furan rings is 1. The van der Waals surface area contributed by atoms with E-state index in [4.69, 9.17) is 9.15 Å². The smallest absolute Gasteiger partial charge is 0.275 e. The maximum atomic E-state index is 11.8. The monoisotopic (exact) mass is 290 g/mol. The average Bonchev–Trinajstić information content (AvgIpc) is 2.78. The van der Waals surface area contributed by atoms with Crippen LogP contribution in [0.15, 0.2) is 21.6 Å². The molecule has 0 aromatic carbocycles. The second-order valence-electron chi connectivity index (χ2n) is 4.41. The van der Waals surface area contributed by atoms with Crippen LogP contribution >= 0.6 is 0 Å². The molecule has 0 bridgehead atoms. The summed E-state index contributed by atoms with van der Waals surface area (Å²) in [4.78, 5) is 0. The Kier molecular flexibility index (Phi) is 5.99. The van der Waals surface area contributed by atoms with E-state index in [1.54, 1.807) is 6.07 Å². The molecule has 110 valence electrons. The zero-order valence-electron chi connectivity index (χ0n) is 11.8. The van der Waals surface area contributed by atoms with Gasteiger partial charge in [-0.15, -0.1) is 0 Å². The van der Waals surface area contributed by atoms with Crippen LogP contribution in [0, 0.1) is 0 Å². The molecule has 0 saturated heterocycles. The van der Waals surface area contributed by atoms with Gasteiger partial charge in [0, 0.05) is 27.2 Å². The molecule has 19 heavy (non-hydrogen) atoms. The molecule has 1 unspecified atom stereocenters. The van der Waals surface area contributed by atoms with Gasteiger partial charge in [-0.3, -0.25) is 0 Å². The van der Waals surface area contributed by atoms with Gasteiger partial charge < -0.3 is 14.5 Å². The van der Waals surface area contributed by atoms with E-state index in [0.717, 1.165) is 4.31 Å². The number of hydrogen-bond acceptors (Lipinski definition) is 5. The van der Waals surface area contributed by atoms with E-state index in [2.05, 4.69) is 5.32 Å². The van der Waals surface area contributed by atoms with Gasteiger partial charge in [0.1, 0.15) is 5.76 Å². The van der Waals surface area contributed by atoms with E-state index in [-0.39, 0.29) is 11.2 Å². The average molecular weight is 290 g/mol. The summed E-state index contributed by atoms with van der Waals surface area (Å²) in [6, 6.07) is 3.13. The van der Waals surface area contributed by atoms with Crippen LogP contribution in [0.25, 0.3) is 0 Å². The molecular weight excluding hydrogens is 268 g/mol. The van der Waals surface area contributed by atoms with Gasteiger partial charge in [0.2, 0.25) is 5.09 Å². The summed E-state index contributed by atoms with van der Waals surface area (Å²) in [7, 11) is -0.548. The molecule has 0 fully saturated rings. The fourth-order valence-electron chi connectivity index (χ4n) is 1.51. The van der Waals surface area contributed by atoms with Crippen molar-refractivity contribution >= 4 is 10.0 Å². The molecule has 1 heterocycles. The molecule has 0 amide bonds. The number of hydrogen-bond donors (Lipinski definition) is 1. The van der Waals surface area contributed by atoms with Crippen LogP contribution in [0.5, 0.6) is 0 Å². The van der Waals surface area contributed by atoms with Crippen LogP contribution in [0.1, 0.15) is 19.6 Å². The minimum absolute atomic E-state index is 0.0350. The second-order valence-corrected chi connectivity index (χ2v) is 6.49. The summed E-state index contributed by atoms with van der Waals surface area (Å²) < 4.78 is 35.4. The molecule has 0 radical (unpaired) electrons. The van der Waals surface area contributed by atoms with Crippen LogP contribution < -0.4 is 5.32 Å². The summed E-state index contributed by atoms with van der Waals surface area (Å²) in [6.45, 7) is 5.75. The molecule has 0 spiro atoms. The van der Waals surface area contributed by atoms with Crippen molar-refractivity contribution in [2.75, 3.05) is 27.2 Å². The van der Waals surface area contributed by atoms with Crippen molar-refractivity contribution in [3.63, 3.8) is 0 Å². The number of rotatable bonds is 8. The lowest BCUT2D eigenvalue weighted by molar-refractivity contribution is 0.0755. The summed E-state index contributed by atoms with van der Waals surface area (Å²) in [5.41, 5.74) is 0. The highest BCUT2D eigenvalue weighted by molar-refractivity contribution is 7.88. The number of nitrogens with zero attached hydrogens (tertiary/aromatic N) is 1. The van der Waals surface area contributed by atoms with Crippen LogP contribution in [-0.4, -0.2) is 46.1 Å². The Bertz CT molecular complexity index is 482. The molecule has 1 aromatic rings. The Morgan fingerprint density at radius 1 is 1.42 bits per heavy atom. The van der Waals surface area contributed by atoms with Crippen molar-refractivity contribution < 1.29 is 17.6 Å². The molecule has 1 aromatic heterocycles. The molecule has 0 aliphatic carbocycles. The highest BCUT2D eigenvalue weighted by atomic mass is 32.2. The van der Waals surface area contributed by atoms with E-state index in [0.29, 0.717) is 25.5 Å². The fourth-order valence-corrected chi connectivity index (χ4v) is 2.33. The molecule has 7 heteroatoms. The van der Waals surface area contributed by atoms with Crippen LogP contribution in [0.4, 0.5) is 0 Å². The summed E-state index contributed by atoms with van der Waals surface area (Å²) >= 11 is 0. The minimum atomic E-state index is -3.49. The maximum Gasteiger partial charge on any atom is 0.275 e. The first kappa shape index (κ1) is 16.2. The predicted octanol–water partition coefficient (Wildman–Crippen LogP) is 1.04. The third kappa shape index (κ3) is 4.61. The van der Waals surface area contributed by atoms with Crippen LogP contribution in [-0.2, 0) is 21.3 Å². The lowest BCUT2D eigenvalue weighted by Crippen LogP contribution is -2.26. The van der Waals surface area contributed by atoms with Gasteiger partial charge in [-0.05, 0) is 26.0 Å². The maximum absolute atomic E-state index is 11.8. The fraction of sp³-hybridized carbons (Fsp3) is 0.667. The summed E-state index contributed by atoms with van der Waals surface area (Å²) in [6.07, 6.45) is 0.116. The summed E-state index contributed by atoms with van der Waals surface area (Å²) in [5, 5.41) is 3.12. The molecular formula is C12H22N2O4S. The molecule has 0 aliphatic rings. The van der Waals surface area contributed by atoms with E-state index < -0.39 is 10.0 Å². The Labute approximate surface area is 114 Å². The number of ether oxygens (including phenoxy) is 1. The lowest BCUT2D eigenvalue weighted by Gasteiger charge is -2.11. The van der Waals surface area contributed by atoms with Gasteiger partial charge in [0.25, 0.3) is 10.0 Å².